The largest absolute Gasteiger partial charge is 0.494 e. The van der Waals surface area contributed by atoms with Gasteiger partial charge in [-0.2, -0.15) is 0 Å². The first-order valence-electron chi connectivity index (χ1n) is 8.86. The number of methoxy groups -OCH3 is 2. The van der Waals surface area contributed by atoms with Crippen LogP contribution >= 0.6 is 0 Å². The molecule has 0 spiro atoms. The van der Waals surface area contributed by atoms with Crippen LogP contribution in [0, 0.1) is 5.82 Å². The molecule has 2 aromatic carbocycles. The van der Waals surface area contributed by atoms with Crippen molar-refractivity contribution >= 4 is 22.8 Å². The SMILES string of the molecule is COC(=O)c1ccc2[nH]c3c(c2c1)CN(C(=O)c1ccc(OC)c(F)c1)CC3. The molecular weight excluding hydrogens is 363 g/mol. The van der Waals surface area contributed by atoms with Crippen LogP contribution in [0.5, 0.6) is 5.75 Å². The van der Waals surface area contributed by atoms with Crippen LogP contribution in [-0.4, -0.2) is 42.5 Å². The molecule has 1 aliphatic heterocycles. The average Bonchev–Trinajstić information content (AvgIpc) is 3.09. The Morgan fingerprint density at radius 1 is 1.11 bits per heavy atom. The number of aromatic nitrogens is 1. The maximum atomic E-state index is 14.0. The summed E-state index contributed by atoms with van der Waals surface area (Å²) in [6.07, 6.45) is 0.655. The van der Waals surface area contributed by atoms with Crippen LogP contribution in [0.3, 0.4) is 0 Å². The molecular formula is C21H19FN2O4. The molecule has 28 heavy (non-hydrogen) atoms. The highest BCUT2D eigenvalue weighted by Gasteiger charge is 2.26. The topological polar surface area (TPSA) is 71.6 Å². The number of benzene rings is 2. The van der Waals surface area contributed by atoms with E-state index in [2.05, 4.69) is 4.98 Å². The third kappa shape index (κ3) is 2.98. The lowest BCUT2D eigenvalue weighted by Crippen LogP contribution is -2.35. The van der Waals surface area contributed by atoms with E-state index in [1.807, 2.05) is 6.07 Å². The lowest BCUT2D eigenvalue weighted by molar-refractivity contribution is 0.0600. The van der Waals surface area contributed by atoms with Gasteiger partial charge in [-0.3, -0.25) is 4.79 Å². The van der Waals surface area contributed by atoms with E-state index in [0.29, 0.717) is 25.1 Å². The van der Waals surface area contributed by atoms with Crippen LogP contribution in [0.15, 0.2) is 36.4 Å². The summed E-state index contributed by atoms with van der Waals surface area (Å²) in [6, 6.07) is 9.53. The lowest BCUT2D eigenvalue weighted by Gasteiger charge is -2.27. The van der Waals surface area contributed by atoms with Crippen LogP contribution in [0.1, 0.15) is 32.0 Å². The lowest BCUT2D eigenvalue weighted by atomic mass is 10.0. The third-order valence-electron chi connectivity index (χ3n) is 5.08. The Kier molecular flexibility index (Phi) is 4.50. The van der Waals surface area contributed by atoms with Crippen molar-refractivity contribution in [2.24, 2.45) is 0 Å². The van der Waals surface area contributed by atoms with E-state index >= 15 is 0 Å². The highest BCUT2D eigenvalue weighted by molar-refractivity contribution is 5.97. The number of aromatic amines is 1. The van der Waals surface area contributed by atoms with Crippen molar-refractivity contribution in [2.45, 2.75) is 13.0 Å². The number of rotatable bonds is 3. The smallest absolute Gasteiger partial charge is 0.337 e. The zero-order valence-corrected chi connectivity index (χ0v) is 15.5. The summed E-state index contributed by atoms with van der Waals surface area (Å²) in [5, 5.41) is 0.885. The van der Waals surface area contributed by atoms with Crippen molar-refractivity contribution in [3.8, 4) is 5.75 Å². The first-order chi connectivity index (χ1) is 13.5. The fourth-order valence-electron chi connectivity index (χ4n) is 3.61. The Morgan fingerprint density at radius 2 is 1.89 bits per heavy atom. The molecule has 0 unspecified atom stereocenters. The molecule has 0 atom stereocenters. The molecule has 3 aromatic rings. The second-order valence-corrected chi connectivity index (χ2v) is 6.66. The van der Waals surface area contributed by atoms with Crippen LogP contribution < -0.4 is 4.74 Å². The Balaban J connectivity index is 1.65. The van der Waals surface area contributed by atoms with Gasteiger partial charge < -0.3 is 19.4 Å². The summed E-state index contributed by atoms with van der Waals surface area (Å²) in [4.78, 5) is 29.8. The van der Waals surface area contributed by atoms with Gasteiger partial charge in [-0.05, 0) is 36.4 Å². The van der Waals surface area contributed by atoms with Crippen molar-refractivity contribution in [1.82, 2.24) is 9.88 Å². The van der Waals surface area contributed by atoms with Crippen LogP contribution in [0.4, 0.5) is 4.39 Å². The van der Waals surface area contributed by atoms with E-state index in [9.17, 15) is 14.0 Å². The number of carbonyl (C=O) groups excluding carboxylic acids is 2. The molecule has 7 heteroatoms. The van der Waals surface area contributed by atoms with Crippen molar-refractivity contribution in [3.63, 3.8) is 0 Å². The van der Waals surface area contributed by atoms with Gasteiger partial charge in [0.15, 0.2) is 11.6 Å². The molecule has 2 heterocycles. The Hall–Kier alpha value is -3.35. The van der Waals surface area contributed by atoms with Gasteiger partial charge in [0.25, 0.3) is 5.91 Å². The number of carbonyl (C=O) groups is 2. The number of ether oxygens (including phenoxy) is 2. The zero-order chi connectivity index (χ0) is 19.8. The highest BCUT2D eigenvalue weighted by atomic mass is 19.1. The third-order valence-corrected chi connectivity index (χ3v) is 5.08. The van der Waals surface area contributed by atoms with Gasteiger partial charge in [-0.15, -0.1) is 0 Å². The summed E-state index contributed by atoms with van der Waals surface area (Å²) in [5.41, 5.74) is 3.65. The minimum Gasteiger partial charge on any atom is -0.494 e. The molecule has 1 aromatic heterocycles. The van der Waals surface area contributed by atoms with Crippen LogP contribution in [-0.2, 0) is 17.7 Å². The maximum Gasteiger partial charge on any atom is 0.337 e. The molecule has 0 bridgehead atoms. The molecule has 0 radical (unpaired) electrons. The van der Waals surface area contributed by atoms with Crippen molar-refractivity contribution in [3.05, 3.63) is 64.6 Å². The van der Waals surface area contributed by atoms with Crippen molar-refractivity contribution in [1.29, 1.82) is 0 Å². The monoisotopic (exact) mass is 382 g/mol. The van der Waals surface area contributed by atoms with Gasteiger partial charge in [0, 0.05) is 47.2 Å². The number of H-pyrrole nitrogens is 1. The van der Waals surface area contributed by atoms with E-state index in [1.165, 1.54) is 26.4 Å². The maximum absolute atomic E-state index is 14.0. The summed E-state index contributed by atoms with van der Waals surface area (Å²) in [7, 11) is 2.72. The number of esters is 1. The van der Waals surface area contributed by atoms with E-state index in [-0.39, 0.29) is 17.2 Å². The first-order valence-corrected chi connectivity index (χ1v) is 8.86. The number of amides is 1. The number of hydrogen-bond acceptors (Lipinski definition) is 4. The molecule has 6 nitrogen and oxygen atoms in total. The minimum absolute atomic E-state index is 0.101. The van der Waals surface area contributed by atoms with Gasteiger partial charge in [-0.25, -0.2) is 9.18 Å². The minimum atomic E-state index is -0.569. The summed E-state index contributed by atoms with van der Waals surface area (Å²) >= 11 is 0. The second-order valence-electron chi connectivity index (χ2n) is 6.66. The number of hydrogen-bond donors (Lipinski definition) is 1. The molecule has 0 saturated heterocycles. The predicted molar refractivity (Wildman–Crippen MR) is 101 cm³/mol. The summed E-state index contributed by atoms with van der Waals surface area (Å²) < 4.78 is 23.7. The molecule has 0 saturated carbocycles. The van der Waals surface area contributed by atoms with Gasteiger partial charge in [-0.1, -0.05) is 0 Å². The zero-order valence-electron chi connectivity index (χ0n) is 15.5. The van der Waals surface area contributed by atoms with E-state index < -0.39 is 11.8 Å². The number of nitrogens with zero attached hydrogens (tertiary/aromatic N) is 1. The van der Waals surface area contributed by atoms with Gasteiger partial charge >= 0.3 is 5.97 Å². The van der Waals surface area contributed by atoms with E-state index in [1.54, 1.807) is 23.1 Å². The number of nitrogens with one attached hydrogen (secondary N) is 1. The van der Waals surface area contributed by atoms with Gasteiger partial charge in [0.05, 0.1) is 19.8 Å². The summed E-state index contributed by atoms with van der Waals surface area (Å²) in [6.45, 7) is 0.905. The van der Waals surface area contributed by atoms with E-state index in [0.717, 1.165) is 22.2 Å². The molecule has 1 aliphatic rings. The average molecular weight is 382 g/mol. The van der Waals surface area contributed by atoms with Crippen molar-refractivity contribution in [2.75, 3.05) is 20.8 Å². The molecule has 1 N–H and O–H groups in total. The van der Waals surface area contributed by atoms with E-state index in [4.69, 9.17) is 9.47 Å². The summed E-state index contributed by atoms with van der Waals surface area (Å²) in [5.74, 6) is -1.12. The van der Waals surface area contributed by atoms with Crippen molar-refractivity contribution < 1.29 is 23.5 Å². The quantitative estimate of drug-likeness (QED) is 0.706. The second kappa shape index (κ2) is 6.99. The van der Waals surface area contributed by atoms with Crippen LogP contribution in [0.2, 0.25) is 0 Å². The highest BCUT2D eigenvalue weighted by Crippen LogP contribution is 2.30. The van der Waals surface area contributed by atoms with Gasteiger partial charge in [0.1, 0.15) is 0 Å². The predicted octanol–water partition coefficient (Wildman–Crippen LogP) is 3.30. The first kappa shape index (κ1) is 18.0. The fraction of sp³-hybridized carbons (Fsp3) is 0.238. The molecule has 144 valence electrons. The normalized spacial score (nSPS) is 13.3. The number of halogens is 1. The fourth-order valence-corrected chi connectivity index (χ4v) is 3.61. The molecule has 0 fully saturated rings. The standard InChI is InChI=1S/C21H19FN2O4/c1-27-19-6-4-12(10-16(19)22)20(25)24-8-7-18-15(11-24)14-9-13(21(26)28-2)3-5-17(14)23-18/h3-6,9-10,23H,7-8,11H2,1-2H3. The Morgan fingerprint density at radius 3 is 2.61 bits per heavy atom. The Bertz CT molecular complexity index is 1090. The van der Waals surface area contributed by atoms with Gasteiger partial charge in [0.2, 0.25) is 0 Å². The number of fused-ring (bicyclic) bond motifs is 3. The molecule has 1 amide bonds. The molecule has 4 rings (SSSR count). The Labute approximate surface area is 160 Å². The molecule has 0 aliphatic carbocycles. The van der Waals surface area contributed by atoms with Crippen LogP contribution in [0.25, 0.3) is 10.9 Å².